The molecular formula is C12H6BrFN2. The van der Waals surface area contributed by atoms with Crippen molar-refractivity contribution in [2.45, 2.75) is 0 Å². The van der Waals surface area contributed by atoms with Gasteiger partial charge < -0.3 is 0 Å². The summed E-state index contributed by atoms with van der Waals surface area (Å²) in [6.07, 6.45) is 2.97. The van der Waals surface area contributed by atoms with Crippen LogP contribution in [0, 0.1) is 17.1 Å². The Kier molecular flexibility index (Phi) is 2.97. The number of nitriles is 1. The van der Waals surface area contributed by atoms with Crippen molar-refractivity contribution in [1.82, 2.24) is 4.98 Å². The molecule has 2 aromatic rings. The van der Waals surface area contributed by atoms with Crippen molar-refractivity contribution >= 4 is 15.9 Å². The van der Waals surface area contributed by atoms with E-state index in [0.717, 1.165) is 0 Å². The van der Waals surface area contributed by atoms with Crippen LogP contribution in [0.25, 0.3) is 11.1 Å². The van der Waals surface area contributed by atoms with E-state index in [2.05, 4.69) is 20.9 Å². The van der Waals surface area contributed by atoms with Gasteiger partial charge in [0.2, 0.25) is 0 Å². The lowest BCUT2D eigenvalue weighted by atomic mass is 10.1. The summed E-state index contributed by atoms with van der Waals surface area (Å²) in [7, 11) is 0. The minimum absolute atomic E-state index is 0.333. The topological polar surface area (TPSA) is 36.7 Å². The third-order valence-corrected chi connectivity index (χ3v) is 3.02. The van der Waals surface area contributed by atoms with Crippen LogP contribution in [-0.2, 0) is 0 Å². The van der Waals surface area contributed by atoms with Crippen LogP contribution in [-0.4, -0.2) is 4.98 Å². The maximum atomic E-state index is 13.6. The van der Waals surface area contributed by atoms with Crippen LogP contribution in [0.1, 0.15) is 5.56 Å². The Morgan fingerprint density at radius 1 is 1.19 bits per heavy atom. The standard InChI is InChI=1S/C12H6BrFN2/c13-12-8(5-15)6-16-7-10(12)9-3-1-2-4-11(9)14/h1-4,6-7H. The molecule has 0 saturated heterocycles. The number of benzene rings is 1. The van der Waals surface area contributed by atoms with Gasteiger partial charge in [0, 0.05) is 28.0 Å². The fourth-order valence-electron chi connectivity index (χ4n) is 1.39. The SMILES string of the molecule is N#Cc1cncc(-c2ccccc2F)c1Br. The average Bonchev–Trinajstić information content (AvgIpc) is 2.31. The van der Waals surface area contributed by atoms with Gasteiger partial charge in [0.25, 0.3) is 0 Å². The summed E-state index contributed by atoms with van der Waals surface area (Å²) in [5.41, 5.74) is 1.40. The van der Waals surface area contributed by atoms with Crippen molar-refractivity contribution in [3.05, 3.63) is 52.5 Å². The second-order valence-electron chi connectivity index (χ2n) is 3.14. The Morgan fingerprint density at radius 3 is 2.62 bits per heavy atom. The molecule has 0 bridgehead atoms. The molecule has 0 spiro atoms. The Morgan fingerprint density at radius 2 is 1.94 bits per heavy atom. The molecular weight excluding hydrogens is 271 g/mol. The van der Waals surface area contributed by atoms with E-state index in [1.54, 1.807) is 18.2 Å². The van der Waals surface area contributed by atoms with Crippen molar-refractivity contribution in [2.24, 2.45) is 0 Å². The molecule has 1 aromatic heterocycles. The zero-order valence-electron chi connectivity index (χ0n) is 8.11. The average molecular weight is 277 g/mol. The zero-order valence-corrected chi connectivity index (χ0v) is 9.70. The summed E-state index contributed by atoms with van der Waals surface area (Å²) in [4.78, 5) is 3.91. The molecule has 4 heteroatoms. The van der Waals surface area contributed by atoms with Crippen LogP contribution in [0.15, 0.2) is 41.1 Å². The van der Waals surface area contributed by atoms with Gasteiger partial charge in [-0.1, -0.05) is 18.2 Å². The minimum Gasteiger partial charge on any atom is -0.263 e. The minimum atomic E-state index is -0.333. The first-order valence-corrected chi connectivity index (χ1v) is 5.32. The Labute approximate surface area is 100 Å². The highest BCUT2D eigenvalue weighted by Gasteiger charge is 2.11. The van der Waals surface area contributed by atoms with E-state index >= 15 is 0 Å². The van der Waals surface area contributed by atoms with Gasteiger partial charge in [-0.05, 0) is 22.0 Å². The second kappa shape index (κ2) is 4.42. The maximum absolute atomic E-state index is 13.6. The van der Waals surface area contributed by atoms with E-state index in [-0.39, 0.29) is 5.82 Å². The van der Waals surface area contributed by atoms with Crippen LogP contribution in [0.2, 0.25) is 0 Å². The number of pyridine rings is 1. The quantitative estimate of drug-likeness (QED) is 0.799. The van der Waals surface area contributed by atoms with Gasteiger partial charge in [-0.25, -0.2) is 4.39 Å². The smallest absolute Gasteiger partial charge is 0.131 e. The number of rotatable bonds is 1. The van der Waals surface area contributed by atoms with Crippen LogP contribution in [0.5, 0.6) is 0 Å². The van der Waals surface area contributed by atoms with E-state index in [1.807, 2.05) is 6.07 Å². The number of hydrogen-bond donors (Lipinski definition) is 0. The van der Waals surface area contributed by atoms with Gasteiger partial charge in [0.05, 0.1) is 5.56 Å². The first-order chi connectivity index (χ1) is 7.74. The molecule has 0 aliphatic rings. The van der Waals surface area contributed by atoms with Crippen molar-refractivity contribution in [1.29, 1.82) is 5.26 Å². The highest BCUT2D eigenvalue weighted by atomic mass is 79.9. The second-order valence-corrected chi connectivity index (χ2v) is 3.93. The molecule has 0 unspecified atom stereocenters. The summed E-state index contributed by atoms with van der Waals surface area (Å²) in [5.74, 6) is -0.333. The maximum Gasteiger partial charge on any atom is 0.131 e. The molecule has 16 heavy (non-hydrogen) atoms. The van der Waals surface area contributed by atoms with Gasteiger partial charge in [0.15, 0.2) is 0 Å². The lowest BCUT2D eigenvalue weighted by molar-refractivity contribution is 0.631. The molecule has 2 rings (SSSR count). The van der Waals surface area contributed by atoms with Crippen LogP contribution in [0.3, 0.4) is 0 Å². The largest absolute Gasteiger partial charge is 0.263 e. The fourth-order valence-corrected chi connectivity index (χ4v) is 1.90. The first kappa shape index (κ1) is 10.8. The lowest BCUT2D eigenvalue weighted by Gasteiger charge is -2.06. The summed E-state index contributed by atoms with van der Waals surface area (Å²) >= 11 is 3.28. The van der Waals surface area contributed by atoms with Gasteiger partial charge >= 0.3 is 0 Å². The van der Waals surface area contributed by atoms with E-state index in [0.29, 0.717) is 21.2 Å². The normalized spacial score (nSPS) is 9.81. The van der Waals surface area contributed by atoms with Crippen molar-refractivity contribution < 1.29 is 4.39 Å². The van der Waals surface area contributed by atoms with E-state index in [9.17, 15) is 4.39 Å². The molecule has 1 aromatic carbocycles. The molecule has 0 N–H and O–H groups in total. The molecule has 0 amide bonds. The zero-order chi connectivity index (χ0) is 11.5. The third-order valence-electron chi connectivity index (χ3n) is 2.16. The Bertz CT molecular complexity index is 575. The van der Waals surface area contributed by atoms with Crippen LogP contribution in [0.4, 0.5) is 4.39 Å². The Hall–Kier alpha value is -1.73. The molecule has 0 radical (unpaired) electrons. The van der Waals surface area contributed by atoms with Crippen molar-refractivity contribution in [3.8, 4) is 17.2 Å². The van der Waals surface area contributed by atoms with Gasteiger partial charge in [0.1, 0.15) is 11.9 Å². The van der Waals surface area contributed by atoms with Crippen molar-refractivity contribution in [2.75, 3.05) is 0 Å². The Balaban J connectivity index is 2.67. The van der Waals surface area contributed by atoms with Gasteiger partial charge in [-0.15, -0.1) is 0 Å². The third kappa shape index (κ3) is 1.82. The molecule has 0 fully saturated rings. The number of halogens is 2. The molecule has 0 atom stereocenters. The number of hydrogen-bond acceptors (Lipinski definition) is 2. The summed E-state index contributed by atoms with van der Waals surface area (Å²) < 4.78 is 14.1. The van der Waals surface area contributed by atoms with E-state index in [1.165, 1.54) is 18.5 Å². The summed E-state index contributed by atoms with van der Waals surface area (Å²) in [6.45, 7) is 0. The first-order valence-electron chi connectivity index (χ1n) is 4.52. The number of aromatic nitrogens is 1. The van der Waals surface area contributed by atoms with Crippen LogP contribution >= 0.6 is 15.9 Å². The highest BCUT2D eigenvalue weighted by molar-refractivity contribution is 9.10. The molecule has 1 heterocycles. The molecule has 0 aliphatic carbocycles. The van der Waals surface area contributed by atoms with E-state index in [4.69, 9.17) is 5.26 Å². The fraction of sp³-hybridized carbons (Fsp3) is 0. The molecule has 0 aliphatic heterocycles. The predicted octanol–water partition coefficient (Wildman–Crippen LogP) is 3.52. The predicted molar refractivity (Wildman–Crippen MR) is 62.0 cm³/mol. The number of nitrogens with zero attached hydrogens (tertiary/aromatic N) is 2. The van der Waals surface area contributed by atoms with Crippen LogP contribution < -0.4 is 0 Å². The van der Waals surface area contributed by atoms with Gasteiger partial charge in [-0.3, -0.25) is 4.98 Å². The molecule has 2 nitrogen and oxygen atoms in total. The van der Waals surface area contributed by atoms with Crippen molar-refractivity contribution in [3.63, 3.8) is 0 Å². The molecule has 78 valence electrons. The summed E-state index contributed by atoms with van der Waals surface area (Å²) in [5, 5.41) is 8.85. The monoisotopic (exact) mass is 276 g/mol. The lowest BCUT2D eigenvalue weighted by Crippen LogP contribution is -1.89. The summed E-state index contributed by atoms with van der Waals surface area (Å²) in [6, 6.07) is 8.38. The molecule has 0 saturated carbocycles. The van der Waals surface area contributed by atoms with Gasteiger partial charge in [-0.2, -0.15) is 5.26 Å². The highest BCUT2D eigenvalue weighted by Crippen LogP contribution is 2.31. The van der Waals surface area contributed by atoms with E-state index < -0.39 is 0 Å².